The molecule has 1 saturated heterocycles. The Morgan fingerprint density at radius 1 is 1.27 bits per heavy atom. The van der Waals surface area contributed by atoms with E-state index in [1.54, 1.807) is 26.3 Å². The fourth-order valence-electron chi connectivity index (χ4n) is 3.18. The van der Waals surface area contributed by atoms with Crippen LogP contribution >= 0.6 is 0 Å². The molecule has 7 heteroatoms. The first-order valence-corrected chi connectivity index (χ1v) is 10.2. The number of aromatic nitrogens is 1. The number of nitrogens with zero attached hydrogens (tertiary/aromatic N) is 1. The number of carbonyl (C=O) groups excluding carboxylic acids is 1. The number of benzene rings is 1. The molecular formula is C19H22N2O4S. The number of amides is 1. The first-order chi connectivity index (χ1) is 12.3. The van der Waals surface area contributed by atoms with Crippen molar-refractivity contribution in [1.82, 2.24) is 10.3 Å². The molecule has 0 radical (unpaired) electrons. The number of rotatable bonds is 5. The number of methoxy groups -OCH3 is 1. The third-order valence-electron chi connectivity index (χ3n) is 4.52. The fraction of sp³-hybridized carbons (Fsp3) is 0.368. The van der Waals surface area contributed by atoms with Crippen molar-refractivity contribution < 1.29 is 17.9 Å². The van der Waals surface area contributed by atoms with E-state index in [2.05, 4.69) is 10.3 Å². The van der Waals surface area contributed by atoms with Crippen LogP contribution in [0.1, 0.15) is 34.8 Å². The lowest BCUT2D eigenvalue weighted by Gasteiger charge is -2.23. The largest absolute Gasteiger partial charge is 0.497 e. The van der Waals surface area contributed by atoms with Gasteiger partial charge in [0.05, 0.1) is 29.7 Å². The van der Waals surface area contributed by atoms with Gasteiger partial charge in [0.1, 0.15) is 5.75 Å². The maximum absolute atomic E-state index is 12.6. The summed E-state index contributed by atoms with van der Waals surface area (Å²) in [5.74, 6) is 0.560. The molecule has 2 heterocycles. The molecule has 6 nitrogen and oxygen atoms in total. The second kappa shape index (κ2) is 7.07. The van der Waals surface area contributed by atoms with Crippen molar-refractivity contribution in [2.24, 2.45) is 0 Å². The number of nitrogens with one attached hydrogen (secondary N) is 1. The zero-order valence-electron chi connectivity index (χ0n) is 14.9. The molecule has 1 aliphatic heterocycles. The van der Waals surface area contributed by atoms with Crippen LogP contribution in [0.4, 0.5) is 0 Å². The van der Waals surface area contributed by atoms with Crippen LogP contribution in [-0.2, 0) is 16.3 Å². The molecule has 0 aliphatic carbocycles. The number of hydrogen-bond donors (Lipinski definition) is 1. The molecular weight excluding hydrogens is 352 g/mol. The molecule has 26 heavy (non-hydrogen) atoms. The first-order valence-electron chi connectivity index (χ1n) is 8.38. The summed E-state index contributed by atoms with van der Waals surface area (Å²) in [6.07, 6.45) is 4.27. The van der Waals surface area contributed by atoms with Gasteiger partial charge >= 0.3 is 0 Å². The van der Waals surface area contributed by atoms with E-state index < -0.39 is 15.4 Å². The molecule has 0 unspecified atom stereocenters. The molecule has 3 rings (SSSR count). The predicted octanol–water partition coefficient (Wildman–Crippen LogP) is 1.99. The first kappa shape index (κ1) is 18.4. The fourth-order valence-corrected chi connectivity index (χ4v) is 5.27. The standard InChI is InChI=1S/C19H22N2O4S/c1-19(6-7-26(23,24)13-19)21-18(22)16-9-15(11-20-12-16)8-14-4-3-5-17(10-14)25-2/h3-5,9-12H,6-8,13H2,1-2H3,(H,21,22)/t19-/m0/s1. The van der Waals surface area contributed by atoms with Gasteiger partial charge in [-0.3, -0.25) is 9.78 Å². The summed E-state index contributed by atoms with van der Waals surface area (Å²) in [5, 5.41) is 2.86. The summed E-state index contributed by atoms with van der Waals surface area (Å²) in [6, 6.07) is 9.51. The monoisotopic (exact) mass is 374 g/mol. The molecule has 1 fully saturated rings. The van der Waals surface area contributed by atoms with Gasteiger partial charge in [0.15, 0.2) is 9.84 Å². The van der Waals surface area contributed by atoms with Crippen LogP contribution in [0.3, 0.4) is 0 Å². The van der Waals surface area contributed by atoms with Crippen molar-refractivity contribution in [3.05, 3.63) is 59.4 Å². The van der Waals surface area contributed by atoms with E-state index in [1.165, 1.54) is 6.20 Å². The van der Waals surface area contributed by atoms with Crippen LogP contribution in [0.2, 0.25) is 0 Å². The maximum Gasteiger partial charge on any atom is 0.253 e. The minimum atomic E-state index is -3.08. The molecule has 1 aliphatic rings. The Balaban J connectivity index is 1.73. The molecule has 0 spiro atoms. The number of sulfone groups is 1. The Kier molecular flexibility index (Phi) is 5.00. The summed E-state index contributed by atoms with van der Waals surface area (Å²) in [7, 11) is -1.46. The van der Waals surface area contributed by atoms with E-state index in [0.29, 0.717) is 18.4 Å². The van der Waals surface area contributed by atoms with Gasteiger partial charge < -0.3 is 10.1 Å². The number of carbonyl (C=O) groups is 1. The summed E-state index contributed by atoms with van der Waals surface area (Å²) < 4.78 is 28.6. The smallest absolute Gasteiger partial charge is 0.253 e. The Morgan fingerprint density at radius 3 is 2.77 bits per heavy atom. The zero-order chi connectivity index (χ0) is 18.8. The molecule has 1 amide bonds. The van der Waals surface area contributed by atoms with Gasteiger partial charge in [0.2, 0.25) is 0 Å². The van der Waals surface area contributed by atoms with Crippen LogP contribution in [-0.4, -0.2) is 43.5 Å². The van der Waals surface area contributed by atoms with E-state index >= 15 is 0 Å². The van der Waals surface area contributed by atoms with Gasteiger partial charge in [-0.1, -0.05) is 12.1 Å². The third-order valence-corrected chi connectivity index (χ3v) is 6.42. The van der Waals surface area contributed by atoms with Crippen molar-refractivity contribution >= 4 is 15.7 Å². The highest BCUT2D eigenvalue weighted by Gasteiger charge is 2.39. The Hall–Kier alpha value is -2.41. The van der Waals surface area contributed by atoms with Crippen molar-refractivity contribution in [3.8, 4) is 5.75 Å². The van der Waals surface area contributed by atoms with Gasteiger partial charge in [-0.05, 0) is 49.1 Å². The van der Waals surface area contributed by atoms with Gasteiger partial charge in [0.25, 0.3) is 5.91 Å². The predicted molar refractivity (Wildman–Crippen MR) is 99.2 cm³/mol. The molecule has 0 bridgehead atoms. The average Bonchev–Trinajstić information content (AvgIpc) is 2.88. The van der Waals surface area contributed by atoms with Gasteiger partial charge in [-0.25, -0.2) is 8.42 Å². The lowest BCUT2D eigenvalue weighted by molar-refractivity contribution is 0.0915. The van der Waals surface area contributed by atoms with E-state index in [9.17, 15) is 13.2 Å². The highest BCUT2D eigenvalue weighted by molar-refractivity contribution is 7.91. The molecule has 0 saturated carbocycles. The van der Waals surface area contributed by atoms with Crippen LogP contribution in [0, 0.1) is 0 Å². The highest BCUT2D eigenvalue weighted by atomic mass is 32.2. The summed E-state index contributed by atoms with van der Waals surface area (Å²) >= 11 is 0. The topological polar surface area (TPSA) is 85.4 Å². The third kappa shape index (κ3) is 4.40. The second-order valence-electron chi connectivity index (χ2n) is 6.97. The molecule has 1 aromatic heterocycles. The zero-order valence-corrected chi connectivity index (χ0v) is 15.7. The lowest BCUT2D eigenvalue weighted by atomic mass is 10.0. The average molecular weight is 374 g/mol. The van der Waals surface area contributed by atoms with Crippen molar-refractivity contribution in [2.45, 2.75) is 25.3 Å². The SMILES string of the molecule is COc1cccc(Cc2cncc(C(=O)N[C@@]3(C)CCS(=O)(=O)C3)c2)c1. The Morgan fingerprint density at radius 2 is 2.08 bits per heavy atom. The normalized spacial score (nSPS) is 21.3. The Bertz CT molecular complexity index is 927. The lowest BCUT2D eigenvalue weighted by Crippen LogP contribution is -2.46. The molecule has 1 aromatic carbocycles. The summed E-state index contributed by atoms with van der Waals surface area (Å²) in [4.78, 5) is 16.7. The van der Waals surface area contributed by atoms with Crippen molar-refractivity contribution in [2.75, 3.05) is 18.6 Å². The van der Waals surface area contributed by atoms with Gasteiger partial charge in [-0.2, -0.15) is 0 Å². The van der Waals surface area contributed by atoms with E-state index in [-0.39, 0.29) is 17.4 Å². The Labute approximate surface area is 153 Å². The van der Waals surface area contributed by atoms with Crippen molar-refractivity contribution in [3.63, 3.8) is 0 Å². The van der Waals surface area contributed by atoms with E-state index in [4.69, 9.17) is 4.74 Å². The highest BCUT2D eigenvalue weighted by Crippen LogP contribution is 2.23. The summed E-state index contributed by atoms with van der Waals surface area (Å²) in [5.41, 5.74) is 1.65. The molecule has 2 aromatic rings. The van der Waals surface area contributed by atoms with Crippen LogP contribution < -0.4 is 10.1 Å². The van der Waals surface area contributed by atoms with E-state index in [1.807, 2.05) is 24.3 Å². The van der Waals surface area contributed by atoms with E-state index in [0.717, 1.165) is 16.9 Å². The van der Waals surface area contributed by atoms with Crippen molar-refractivity contribution in [1.29, 1.82) is 0 Å². The van der Waals surface area contributed by atoms with Crippen LogP contribution in [0.25, 0.3) is 0 Å². The second-order valence-corrected chi connectivity index (χ2v) is 9.15. The number of pyridine rings is 1. The molecule has 138 valence electrons. The minimum Gasteiger partial charge on any atom is -0.497 e. The summed E-state index contributed by atoms with van der Waals surface area (Å²) in [6.45, 7) is 1.77. The van der Waals surface area contributed by atoms with Crippen LogP contribution in [0.5, 0.6) is 5.75 Å². The van der Waals surface area contributed by atoms with Crippen LogP contribution in [0.15, 0.2) is 42.7 Å². The van der Waals surface area contributed by atoms with Gasteiger partial charge in [-0.15, -0.1) is 0 Å². The number of hydrogen-bond acceptors (Lipinski definition) is 5. The quantitative estimate of drug-likeness (QED) is 0.865. The molecule has 1 N–H and O–H groups in total. The van der Waals surface area contributed by atoms with Gasteiger partial charge in [0, 0.05) is 12.4 Å². The number of ether oxygens (including phenoxy) is 1. The minimum absolute atomic E-state index is 0.0251. The maximum atomic E-state index is 12.6. The molecule has 1 atom stereocenters.